The monoisotopic (exact) mass is 290 g/mol. The van der Waals surface area contributed by atoms with Crippen molar-refractivity contribution in [2.45, 2.75) is 45.6 Å². The lowest BCUT2D eigenvalue weighted by atomic mass is 9.99. The van der Waals surface area contributed by atoms with E-state index in [0.29, 0.717) is 23.6 Å². The fourth-order valence-corrected chi connectivity index (χ4v) is 2.91. The lowest BCUT2D eigenvalue weighted by Crippen LogP contribution is -2.17. The maximum atomic E-state index is 12.2. The lowest BCUT2D eigenvalue weighted by molar-refractivity contribution is 0.185. The van der Waals surface area contributed by atoms with Crippen molar-refractivity contribution >= 4 is 11.0 Å². The third-order valence-electron chi connectivity index (χ3n) is 4.40. The summed E-state index contributed by atoms with van der Waals surface area (Å²) in [6.45, 7) is 5.73. The highest BCUT2D eigenvalue weighted by molar-refractivity contribution is 5.73. The van der Waals surface area contributed by atoms with E-state index in [4.69, 9.17) is 4.74 Å². The zero-order valence-corrected chi connectivity index (χ0v) is 12.6. The van der Waals surface area contributed by atoms with Crippen LogP contribution in [0.4, 0.5) is 0 Å². The lowest BCUT2D eigenvalue weighted by Gasteiger charge is -2.12. The zero-order chi connectivity index (χ0) is 14.8. The van der Waals surface area contributed by atoms with Gasteiger partial charge in [-0.15, -0.1) is 0 Å². The van der Waals surface area contributed by atoms with Crippen molar-refractivity contribution in [2.24, 2.45) is 5.92 Å². The number of rotatable bonds is 5. The first-order chi connectivity index (χ1) is 10.2. The largest absolute Gasteiger partial charge is 0.379 e. The van der Waals surface area contributed by atoms with Gasteiger partial charge in [0, 0.05) is 13.0 Å². The topological polar surface area (TPSA) is 72.8 Å². The molecule has 3 rings (SSSR count). The van der Waals surface area contributed by atoms with Gasteiger partial charge in [0.15, 0.2) is 5.65 Å². The smallest absolute Gasteiger partial charge is 0.262 e. The third-order valence-corrected chi connectivity index (χ3v) is 4.40. The van der Waals surface area contributed by atoms with Crippen molar-refractivity contribution in [3.8, 4) is 0 Å². The number of ether oxygens (including phenoxy) is 1. The Balaban J connectivity index is 2.00. The number of hydrogen-bond acceptors (Lipinski definition) is 4. The average molecular weight is 290 g/mol. The van der Waals surface area contributed by atoms with Gasteiger partial charge in [0.1, 0.15) is 11.2 Å². The summed E-state index contributed by atoms with van der Waals surface area (Å²) < 4.78 is 7.27. The fraction of sp³-hybridized carbons (Fsp3) is 0.667. The van der Waals surface area contributed by atoms with Crippen LogP contribution in [0, 0.1) is 5.92 Å². The Labute approximate surface area is 123 Å². The van der Waals surface area contributed by atoms with E-state index in [1.54, 1.807) is 6.20 Å². The van der Waals surface area contributed by atoms with E-state index in [1.165, 1.54) is 0 Å². The first kappa shape index (κ1) is 14.3. The number of H-pyrrole nitrogens is 1. The summed E-state index contributed by atoms with van der Waals surface area (Å²) >= 11 is 0. The molecule has 2 aromatic heterocycles. The molecule has 1 aliphatic heterocycles. The Hall–Kier alpha value is -1.69. The predicted octanol–water partition coefficient (Wildman–Crippen LogP) is 2.06. The minimum absolute atomic E-state index is 0.0916. The van der Waals surface area contributed by atoms with E-state index >= 15 is 0 Å². The van der Waals surface area contributed by atoms with Crippen LogP contribution in [0.25, 0.3) is 11.0 Å². The Morgan fingerprint density at radius 1 is 1.48 bits per heavy atom. The molecule has 1 fully saturated rings. The quantitative estimate of drug-likeness (QED) is 0.914. The van der Waals surface area contributed by atoms with Gasteiger partial charge in [0.2, 0.25) is 0 Å². The highest BCUT2D eigenvalue weighted by Gasteiger charge is 2.22. The molecule has 0 radical (unpaired) electrons. The van der Waals surface area contributed by atoms with Gasteiger partial charge in [-0.1, -0.05) is 26.7 Å². The van der Waals surface area contributed by atoms with Crippen LogP contribution in [0.5, 0.6) is 0 Å². The van der Waals surface area contributed by atoms with E-state index in [-0.39, 0.29) is 11.6 Å². The molecule has 0 aliphatic carbocycles. The Morgan fingerprint density at radius 2 is 2.29 bits per heavy atom. The number of fused-ring (bicyclic) bond motifs is 1. The molecule has 1 saturated heterocycles. The SMILES string of the molecule is CCC(CC)Cc1nc2c(cnn2C2CCOC2)c(=O)[nH]1. The number of aromatic amines is 1. The second-order valence-corrected chi connectivity index (χ2v) is 5.74. The van der Waals surface area contributed by atoms with Crippen LogP contribution >= 0.6 is 0 Å². The molecule has 1 atom stereocenters. The van der Waals surface area contributed by atoms with Gasteiger partial charge >= 0.3 is 0 Å². The first-order valence-corrected chi connectivity index (χ1v) is 7.77. The molecule has 0 amide bonds. The first-order valence-electron chi connectivity index (χ1n) is 7.77. The summed E-state index contributed by atoms with van der Waals surface area (Å²) in [5.74, 6) is 1.32. The van der Waals surface area contributed by atoms with Crippen molar-refractivity contribution in [1.29, 1.82) is 0 Å². The van der Waals surface area contributed by atoms with Crippen LogP contribution in [-0.2, 0) is 11.2 Å². The maximum Gasteiger partial charge on any atom is 0.262 e. The molecule has 0 spiro atoms. The summed E-state index contributed by atoms with van der Waals surface area (Å²) in [5.41, 5.74) is 0.598. The van der Waals surface area contributed by atoms with E-state index in [1.807, 2.05) is 4.68 Å². The second kappa shape index (κ2) is 5.97. The highest BCUT2D eigenvalue weighted by atomic mass is 16.5. The zero-order valence-electron chi connectivity index (χ0n) is 12.6. The van der Waals surface area contributed by atoms with Crippen molar-refractivity contribution in [3.63, 3.8) is 0 Å². The number of hydrogen-bond donors (Lipinski definition) is 1. The average Bonchev–Trinajstić information content (AvgIpc) is 3.13. The Kier molecular flexibility index (Phi) is 4.05. The number of nitrogens with one attached hydrogen (secondary N) is 1. The van der Waals surface area contributed by atoms with Crippen molar-refractivity contribution < 1.29 is 4.74 Å². The molecule has 114 valence electrons. The molecule has 3 heterocycles. The molecule has 2 aromatic rings. The summed E-state index contributed by atoms with van der Waals surface area (Å²) in [4.78, 5) is 19.8. The van der Waals surface area contributed by atoms with Crippen LogP contribution < -0.4 is 5.56 Å². The molecule has 1 N–H and O–H groups in total. The number of aromatic nitrogens is 4. The van der Waals surface area contributed by atoms with E-state index in [2.05, 4.69) is 28.9 Å². The van der Waals surface area contributed by atoms with E-state index < -0.39 is 0 Å². The second-order valence-electron chi connectivity index (χ2n) is 5.74. The van der Waals surface area contributed by atoms with Crippen LogP contribution in [0.1, 0.15) is 45.0 Å². The van der Waals surface area contributed by atoms with Crippen LogP contribution in [0.15, 0.2) is 11.0 Å². The summed E-state index contributed by atoms with van der Waals surface area (Å²) in [6, 6.07) is 0.192. The molecule has 0 aromatic carbocycles. The predicted molar refractivity (Wildman–Crippen MR) is 80.4 cm³/mol. The molecule has 6 nitrogen and oxygen atoms in total. The van der Waals surface area contributed by atoms with Crippen molar-refractivity contribution in [1.82, 2.24) is 19.7 Å². The molecular weight excluding hydrogens is 268 g/mol. The van der Waals surface area contributed by atoms with E-state index in [0.717, 1.165) is 38.1 Å². The van der Waals surface area contributed by atoms with E-state index in [9.17, 15) is 4.79 Å². The molecule has 0 saturated carbocycles. The van der Waals surface area contributed by atoms with Gasteiger partial charge in [0.05, 0.1) is 18.8 Å². The third kappa shape index (κ3) is 2.72. The van der Waals surface area contributed by atoms with Crippen LogP contribution in [-0.4, -0.2) is 33.0 Å². The molecule has 21 heavy (non-hydrogen) atoms. The van der Waals surface area contributed by atoms with Crippen molar-refractivity contribution in [3.05, 3.63) is 22.4 Å². The maximum absolute atomic E-state index is 12.2. The highest BCUT2D eigenvalue weighted by Crippen LogP contribution is 2.22. The molecule has 0 bridgehead atoms. The molecular formula is C15H22N4O2. The summed E-state index contributed by atoms with van der Waals surface area (Å²) in [7, 11) is 0. The van der Waals surface area contributed by atoms with Crippen LogP contribution in [0.3, 0.4) is 0 Å². The molecule has 1 aliphatic rings. The minimum Gasteiger partial charge on any atom is -0.379 e. The van der Waals surface area contributed by atoms with Crippen LogP contribution in [0.2, 0.25) is 0 Å². The van der Waals surface area contributed by atoms with Crippen molar-refractivity contribution in [2.75, 3.05) is 13.2 Å². The van der Waals surface area contributed by atoms with Gasteiger partial charge in [0.25, 0.3) is 5.56 Å². The minimum atomic E-state index is -0.0916. The van der Waals surface area contributed by atoms with Gasteiger partial charge < -0.3 is 9.72 Å². The summed E-state index contributed by atoms with van der Waals surface area (Å²) in [5, 5.41) is 4.92. The number of nitrogens with zero attached hydrogens (tertiary/aromatic N) is 3. The normalized spacial score (nSPS) is 18.9. The van der Waals surface area contributed by atoms with Gasteiger partial charge in [-0.25, -0.2) is 9.67 Å². The summed E-state index contributed by atoms with van der Waals surface area (Å²) in [6.07, 6.45) is 5.53. The van der Waals surface area contributed by atoms with Gasteiger partial charge in [-0.2, -0.15) is 5.10 Å². The molecule has 6 heteroatoms. The van der Waals surface area contributed by atoms with Gasteiger partial charge in [-0.3, -0.25) is 4.79 Å². The van der Waals surface area contributed by atoms with Gasteiger partial charge in [-0.05, 0) is 12.3 Å². The Morgan fingerprint density at radius 3 is 2.95 bits per heavy atom. The Bertz CT molecular complexity index is 666. The standard InChI is InChI=1S/C15H22N4O2/c1-3-10(4-2)7-13-17-14-12(15(20)18-13)8-16-19(14)11-5-6-21-9-11/h8,10-11H,3-7,9H2,1-2H3,(H,17,18,20). The fourth-order valence-electron chi connectivity index (χ4n) is 2.91. The molecule has 1 unspecified atom stereocenters.